The minimum absolute atomic E-state index is 0.0368. The minimum Gasteiger partial charge on any atom is -0.449 e. The van der Waals surface area contributed by atoms with Gasteiger partial charge >= 0.3 is 12.1 Å². The molecule has 168 valence electrons. The first-order valence-corrected chi connectivity index (χ1v) is 11.1. The molecule has 0 unspecified atom stereocenters. The van der Waals surface area contributed by atoms with Gasteiger partial charge in [-0.05, 0) is 36.8 Å². The van der Waals surface area contributed by atoms with E-state index in [1.54, 1.807) is 11.1 Å². The third-order valence-corrected chi connectivity index (χ3v) is 5.54. The first-order valence-electron chi connectivity index (χ1n) is 11.1. The Hall–Kier alpha value is -2.84. The molecule has 2 aliphatic rings. The SMILES string of the molecule is CC(C)(C)COC(=O)N1CCN(c2cc(-c3noc(N4CCCCC4)n3)ccn2)CC1. The van der Waals surface area contributed by atoms with Crippen molar-refractivity contribution in [3.8, 4) is 11.4 Å². The Morgan fingerprint density at radius 2 is 1.81 bits per heavy atom. The highest BCUT2D eigenvalue weighted by atomic mass is 16.6. The zero-order valence-corrected chi connectivity index (χ0v) is 18.7. The summed E-state index contributed by atoms with van der Waals surface area (Å²) in [5.74, 6) is 1.43. The van der Waals surface area contributed by atoms with Crippen LogP contribution in [0.2, 0.25) is 0 Å². The molecule has 2 fully saturated rings. The molecule has 0 saturated carbocycles. The summed E-state index contributed by atoms with van der Waals surface area (Å²) in [5.41, 5.74) is 0.842. The molecule has 2 saturated heterocycles. The van der Waals surface area contributed by atoms with E-state index in [1.807, 2.05) is 12.1 Å². The summed E-state index contributed by atoms with van der Waals surface area (Å²) >= 11 is 0. The van der Waals surface area contributed by atoms with E-state index in [2.05, 4.69) is 45.7 Å². The fourth-order valence-electron chi connectivity index (χ4n) is 3.76. The van der Waals surface area contributed by atoms with Crippen LogP contribution < -0.4 is 9.80 Å². The molecule has 31 heavy (non-hydrogen) atoms. The van der Waals surface area contributed by atoms with Crippen LogP contribution in [0.15, 0.2) is 22.9 Å². The summed E-state index contributed by atoms with van der Waals surface area (Å²) in [6, 6.07) is 4.47. The lowest BCUT2D eigenvalue weighted by Gasteiger charge is -2.35. The number of carbonyl (C=O) groups excluding carboxylic acids is 1. The van der Waals surface area contributed by atoms with Crippen LogP contribution in [0.5, 0.6) is 0 Å². The molecule has 0 N–H and O–H groups in total. The quantitative estimate of drug-likeness (QED) is 0.732. The number of rotatable bonds is 4. The van der Waals surface area contributed by atoms with Crippen molar-refractivity contribution in [3.05, 3.63) is 18.3 Å². The smallest absolute Gasteiger partial charge is 0.409 e. The number of aromatic nitrogens is 3. The number of nitrogens with zero attached hydrogens (tertiary/aromatic N) is 6. The molecule has 2 aliphatic heterocycles. The second kappa shape index (κ2) is 9.11. The normalized spacial score (nSPS) is 17.7. The van der Waals surface area contributed by atoms with E-state index in [0.717, 1.165) is 37.3 Å². The molecule has 1 amide bonds. The van der Waals surface area contributed by atoms with Gasteiger partial charge in [0.25, 0.3) is 0 Å². The van der Waals surface area contributed by atoms with Crippen LogP contribution in [0.25, 0.3) is 11.4 Å². The molecule has 2 aromatic heterocycles. The number of carbonyl (C=O) groups is 1. The summed E-state index contributed by atoms with van der Waals surface area (Å²) in [7, 11) is 0. The molecule has 0 atom stereocenters. The maximum atomic E-state index is 12.3. The van der Waals surface area contributed by atoms with Gasteiger partial charge in [0.1, 0.15) is 5.82 Å². The van der Waals surface area contributed by atoms with Crippen molar-refractivity contribution < 1.29 is 14.1 Å². The Labute approximate surface area is 183 Å². The average molecular weight is 429 g/mol. The maximum Gasteiger partial charge on any atom is 0.409 e. The van der Waals surface area contributed by atoms with Gasteiger partial charge in [0.05, 0.1) is 6.61 Å². The predicted molar refractivity (Wildman–Crippen MR) is 118 cm³/mol. The van der Waals surface area contributed by atoms with Crippen LogP contribution in [0.3, 0.4) is 0 Å². The third kappa shape index (κ3) is 5.45. The van der Waals surface area contributed by atoms with Crippen LogP contribution in [0, 0.1) is 5.41 Å². The van der Waals surface area contributed by atoms with E-state index < -0.39 is 0 Å². The van der Waals surface area contributed by atoms with Gasteiger partial charge in [-0.2, -0.15) is 4.98 Å². The second-order valence-electron chi connectivity index (χ2n) is 9.44. The van der Waals surface area contributed by atoms with Crippen molar-refractivity contribution in [1.29, 1.82) is 0 Å². The van der Waals surface area contributed by atoms with Gasteiger partial charge in [-0.1, -0.05) is 25.9 Å². The number of hydrogen-bond acceptors (Lipinski definition) is 8. The van der Waals surface area contributed by atoms with E-state index in [9.17, 15) is 4.79 Å². The molecule has 0 radical (unpaired) electrons. The minimum atomic E-state index is -0.242. The highest BCUT2D eigenvalue weighted by Crippen LogP contribution is 2.25. The summed E-state index contributed by atoms with van der Waals surface area (Å²) in [5, 5.41) is 4.18. The largest absolute Gasteiger partial charge is 0.449 e. The van der Waals surface area contributed by atoms with Gasteiger partial charge in [-0.3, -0.25) is 0 Å². The van der Waals surface area contributed by atoms with Crippen LogP contribution >= 0.6 is 0 Å². The Morgan fingerprint density at radius 3 is 2.52 bits per heavy atom. The van der Waals surface area contributed by atoms with E-state index >= 15 is 0 Å². The van der Waals surface area contributed by atoms with Crippen molar-refractivity contribution in [3.63, 3.8) is 0 Å². The number of ether oxygens (including phenoxy) is 1. The average Bonchev–Trinajstić information content (AvgIpc) is 3.28. The van der Waals surface area contributed by atoms with Crippen LogP contribution in [0.4, 0.5) is 16.6 Å². The summed E-state index contributed by atoms with van der Waals surface area (Å²) in [6.45, 7) is 11.1. The molecule has 4 rings (SSSR count). The zero-order chi connectivity index (χ0) is 21.8. The molecular weight excluding hydrogens is 396 g/mol. The fourth-order valence-corrected chi connectivity index (χ4v) is 3.76. The van der Waals surface area contributed by atoms with E-state index in [4.69, 9.17) is 9.26 Å². The Balaban J connectivity index is 1.36. The van der Waals surface area contributed by atoms with Crippen LogP contribution in [-0.2, 0) is 4.74 Å². The standard InChI is InChI=1S/C22H32N6O3/c1-22(2,3)16-30-21(29)28-13-11-26(12-14-28)18-15-17(7-8-23-18)19-24-20(31-25-19)27-9-5-4-6-10-27/h7-8,15H,4-6,9-14,16H2,1-3H3. The summed E-state index contributed by atoms with van der Waals surface area (Å²) in [4.78, 5) is 27.5. The summed E-state index contributed by atoms with van der Waals surface area (Å²) < 4.78 is 10.9. The Morgan fingerprint density at radius 1 is 1.06 bits per heavy atom. The lowest BCUT2D eigenvalue weighted by molar-refractivity contribution is 0.0707. The summed E-state index contributed by atoms with van der Waals surface area (Å²) in [6.07, 6.45) is 5.10. The van der Waals surface area contributed by atoms with Crippen molar-refractivity contribution >= 4 is 17.9 Å². The second-order valence-corrected chi connectivity index (χ2v) is 9.44. The van der Waals surface area contributed by atoms with Crippen molar-refractivity contribution in [2.45, 2.75) is 40.0 Å². The molecule has 0 aliphatic carbocycles. The highest BCUT2D eigenvalue weighted by molar-refractivity contribution is 5.68. The van der Waals surface area contributed by atoms with Crippen molar-refractivity contribution in [1.82, 2.24) is 20.0 Å². The molecule has 0 spiro atoms. The van der Waals surface area contributed by atoms with E-state index in [1.165, 1.54) is 6.42 Å². The number of hydrogen-bond donors (Lipinski definition) is 0. The van der Waals surface area contributed by atoms with E-state index in [0.29, 0.717) is 44.6 Å². The van der Waals surface area contributed by atoms with E-state index in [-0.39, 0.29) is 11.5 Å². The van der Waals surface area contributed by atoms with Gasteiger partial charge in [0.15, 0.2) is 0 Å². The van der Waals surface area contributed by atoms with Gasteiger partial charge in [0, 0.05) is 51.0 Å². The predicted octanol–water partition coefficient (Wildman–Crippen LogP) is 3.43. The molecule has 9 heteroatoms. The zero-order valence-electron chi connectivity index (χ0n) is 18.7. The lowest BCUT2D eigenvalue weighted by atomic mass is 9.99. The van der Waals surface area contributed by atoms with Crippen LogP contribution in [0.1, 0.15) is 40.0 Å². The molecule has 0 bridgehead atoms. The van der Waals surface area contributed by atoms with Gasteiger partial charge in [0.2, 0.25) is 5.82 Å². The topological polar surface area (TPSA) is 87.8 Å². The van der Waals surface area contributed by atoms with Crippen molar-refractivity contribution in [2.75, 3.05) is 55.7 Å². The number of piperidine rings is 1. The van der Waals surface area contributed by atoms with Crippen molar-refractivity contribution in [2.24, 2.45) is 5.41 Å². The molecule has 0 aromatic carbocycles. The molecular formula is C22H32N6O3. The monoisotopic (exact) mass is 428 g/mol. The number of amides is 1. The highest BCUT2D eigenvalue weighted by Gasteiger charge is 2.25. The number of piperazine rings is 1. The fraction of sp³-hybridized carbons (Fsp3) is 0.636. The first-order chi connectivity index (χ1) is 14.9. The maximum absolute atomic E-state index is 12.3. The van der Waals surface area contributed by atoms with Crippen LogP contribution in [-0.4, -0.2) is 72.0 Å². The lowest BCUT2D eigenvalue weighted by Crippen LogP contribution is -2.49. The number of pyridine rings is 1. The molecule has 2 aromatic rings. The molecule has 4 heterocycles. The Bertz CT molecular complexity index is 879. The van der Waals surface area contributed by atoms with Gasteiger partial charge in [-0.25, -0.2) is 9.78 Å². The Kier molecular flexibility index (Phi) is 6.29. The molecule has 9 nitrogen and oxygen atoms in total. The third-order valence-electron chi connectivity index (χ3n) is 5.54. The first kappa shape index (κ1) is 21.4. The number of anilines is 2. The van der Waals surface area contributed by atoms with Gasteiger partial charge < -0.3 is 24.0 Å². The van der Waals surface area contributed by atoms with Gasteiger partial charge in [-0.15, -0.1) is 0 Å².